The summed E-state index contributed by atoms with van der Waals surface area (Å²) in [6.45, 7) is 3.66. The minimum Gasteiger partial charge on any atom is -0.292 e. The Balaban J connectivity index is 2.13. The zero-order chi connectivity index (χ0) is 10.2. The lowest BCUT2D eigenvalue weighted by Gasteiger charge is -1.97. The Kier molecular flexibility index (Phi) is 5.15. The average molecular weight is 209 g/mol. The van der Waals surface area contributed by atoms with Crippen LogP contribution in [0.25, 0.3) is 0 Å². The summed E-state index contributed by atoms with van der Waals surface area (Å²) in [5.74, 6) is 0.171. The van der Waals surface area contributed by atoms with Crippen molar-refractivity contribution >= 4 is 17.1 Å². The fourth-order valence-electron chi connectivity index (χ4n) is 1.23. The second-order valence-corrected chi connectivity index (χ2v) is 3.90. The molecular formula is C11H15NOS. The maximum Gasteiger partial charge on any atom is 0.182 e. The Morgan fingerprint density at radius 2 is 2.36 bits per heavy atom. The predicted molar refractivity (Wildman–Crippen MR) is 59.7 cm³/mol. The van der Waals surface area contributed by atoms with Gasteiger partial charge in [-0.2, -0.15) is 0 Å². The first-order chi connectivity index (χ1) is 6.84. The van der Waals surface area contributed by atoms with Crippen LogP contribution in [0.1, 0.15) is 42.6 Å². The minimum absolute atomic E-state index is 0.171. The molecule has 0 bridgehead atoms. The number of unbranched alkanes of at least 4 members (excludes halogenated alkanes) is 3. The maximum absolute atomic E-state index is 11.5. The van der Waals surface area contributed by atoms with Crippen LogP contribution in [0, 0.1) is 0 Å². The first-order valence-electron chi connectivity index (χ1n) is 4.87. The van der Waals surface area contributed by atoms with Gasteiger partial charge in [-0.05, 0) is 19.3 Å². The number of allylic oxidation sites excluding steroid dienone is 1. The Morgan fingerprint density at radius 1 is 1.50 bits per heavy atom. The fourth-order valence-corrected chi connectivity index (χ4v) is 1.79. The number of ketones is 1. The molecule has 14 heavy (non-hydrogen) atoms. The largest absolute Gasteiger partial charge is 0.292 e. The van der Waals surface area contributed by atoms with E-state index in [1.807, 2.05) is 11.5 Å². The molecule has 0 fully saturated rings. The van der Waals surface area contributed by atoms with Crippen LogP contribution in [0.2, 0.25) is 0 Å². The molecule has 0 saturated heterocycles. The highest BCUT2D eigenvalue weighted by Gasteiger charge is 2.06. The molecule has 0 aliphatic heterocycles. The van der Waals surface area contributed by atoms with Crippen molar-refractivity contribution in [3.8, 4) is 0 Å². The molecule has 1 heterocycles. The molecule has 0 saturated carbocycles. The van der Waals surface area contributed by atoms with Crippen molar-refractivity contribution in [1.82, 2.24) is 4.98 Å². The SMILES string of the molecule is C=CCCCCCC(=O)c1cscn1. The standard InChI is InChI=1S/C11H15NOS/c1-2-3-4-5-6-7-11(13)10-8-14-9-12-10/h2,8-9H,1,3-7H2. The third-order valence-corrected chi connectivity index (χ3v) is 2.62. The zero-order valence-corrected chi connectivity index (χ0v) is 9.05. The van der Waals surface area contributed by atoms with Gasteiger partial charge in [0.2, 0.25) is 0 Å². The Labute approximate surface area is 88.7 Å². The smallest absolute Gasteiger partial charge is 0.182 e. The van der Waals surface area contributed by atoms with E-state index >= 15 is 0 Å². The number of hydrogen-bond donors (Lipinski definition) is 0. The Morgan fingerprint density at radius 3 is 3.00 bits per heavy atom. The predicted octanol–water partition coefficient (Wildman–Crippen LogP) is 3.46. The molecule has 0 aliphatic carbocycles. The molecule has 0 aliphatic rings. The fraction of sp³-hybridized carbons (Fsp3) is 0.455. The molecule has 3 heteroatoms. The number of rotatable bonds is 7. The van der Waals surface area contributed by atoms with Gasteiger partial charge in [0.25, 0.3) is 0 Å². The van der Waals surface area contributed by atoms with E-state index in [1.54, 1.807) is 5.51 Å². The normalized spacial score (nSPS) is 10.0. The highest BCUT2D eigenvalue weighted by Crippen LogP contribution is 2.09. The lowest BCUT2D eigenvalue weighted by molar-refractivity contribution is 0.0975. The minimum atomic E-state index is 0.171. The summed E-state index contributed by atoms with van der Waals surface area (Å²) in [5, 5.41) is 1.81. The highest BCUT2D eigenvalue weighted by molar-refractivity contribution is 7.07. The van der Waals surface area contributed by atoms with Crippen molar-refractivity contribution in [3.63, 3.8) is 0 Å². The van der Waals surface area contributed by atoms with Crippen LogP contribution < -0.4 is 0 Å². The molecule has 1 aromatic heterocycles. The lowest BCUT2D eigenvalue weighted by Crippen LogP contribution is -1.98. The van der Waals surface area contributed by atoms with Crippen molar-refractivity contribution in [1.29, 1.82) is 0 Å². The molecule has 0 unspecified atom stereocenters. The summed E-state index contributed by atoms with van der Waals surface area (Å²) in [6, 6.07) is 0. The molecule has 0 radical (unpaired) electrons. The van der Waals surface area contributed by atoms with E-state index in [1.165, 1.54) is 11.3 Å². The summed E-state index contributed by atoms with van der Waals surface area (Å²) in [7, 11) is 0. The van der Waals surface area contributed by atoms with Crippen LogP contribution in [0.5, 0.6) is 0 Å². The third kappa shape index (κ3) is 3.83. The van der Waals surface area contributed by atoms with Crippen molar-refractivity contribution in [3.05, 3.63) is 29.2 Å². The van der Waals surface area contributed by atoms with Crippen LogP contribution in [-0.2, 0) is 0 Å². The third-order valence-electron chi connectivity index (χ3n) is 2.03. The number of nitrogens with zero attached hydrogens (tertiary/aromatic N) is 1. The number of aromatic nitrogens is 1. The summed E-state index contributed by atoms with van der Waals surface area (Å²) < 4.78 is 0. The quantitative estimate of drug-likeness (QED) is 0.391. The number of thiazole rings is 1. The van der Waals surface area contributed by atoms with Gasteiger partial charge >= 0.3 is 0 Å². The van der Waals surface area contributed by atoms with E-state index in [0.29, 0.717) is 12.1 Å². The summed E-state index contributed by atoms with van der Waals surface area (Å²) in [6.07, 6.45) is 6.79. The Hall–Kier alpha value is -0.960. The summed E-state index contributed by atoms with van der Waals surface area (Å²) in [4.78, 5) is 15.4. The number of Topliss-reactive ketones (excluding diaryl/α,β-unsaturated/α-hetero) is 1. The molecule has 0 amide bonds. The van der Waals surface area contributed by atoms with Crippen LogP contribution in [0.15, 0.2) is 23.5 Å². The van der Waals surface area contributed by atoms with Gasteiger partial charge in [0.1, 0.15) is 5.69 Å². The van der Waals surface area contributed by atoms with E-state index < -0.39 is 0 Å². The van der Waals surface area contributed by atoms with Gasteiger partial charge in [0.05, 0.1) is 5.51 Å². The van der Waals surface area contributed by atoms with E-state index in [-0.39, 0.29) is 5.78 Å². The van der Waals surface area contributed by atoms with E-state index in [4.69, 9.17) is 0 Å². The number of carbonyl (C=O) groups excluding carboxylic acids is 1. The topological polar surface area (TPSA) is 30.0 Å². The molecule has 76 valence electrons. The second kappa shape index (κ2) is 6.49. The van der Waals surface area contributed by atoms with Crippen molar-refractivity contribution in [2.24, 2.45) is 0 Å². The van der Waals surface area contributed by atoms with E-state index in [2.05, 4.69) is 11.6 Å². The lowest BCUT2D eigenvalue weighted by atomic mass is 10.1. The molecule has 0 N–H and O–H groups in total. The first kappa shape index (κ1) is 11.1. The van der Waals surface area contributed by atoms with Gasteiger partial charge in [-0.3, -0.25) is 4.79 Å². The molecule has 2 nitrogen and oxygen atoms in total. The van der Waals surface area contributed by atoms with Crippen molar-refractivity contribution < 1.29 is 4.79 Å². The van der Waals surface area contributed by atoms with Crippen LogP contribution in [-0.4, -0.2) is 10.8 Å². The van der Waals surface area contributed by atoms with E-state index in [9.17, 15) is 4.79 Å². The van der Waals surface area contributed by atoms with Crippen LogP contribution >= 0.6 is 11.3 Å². The molecular weight excluding hydrogens is 194 g/mol. The molecule has 0 spiro atoms. The van der Waals surface area contributed by atoms with E-state index in [0.717, 1.165) is 25.7 Å². The van der Waals surface area contributed by atoms with Gasteiger partial charge < -0.3 is 0 Å². The maximum atomic E-state index is 11.5. The highest BCUT2D eigenvalue weighted by atomic mass is 32.1. The van der Waals surface area contributed by atoms with Gasteiger partial charge in [-0.1, -0.05) is 12.5 Å². The van der Waals surface area contributed by atoms with Gasteiger partial charge in [-0.25, -0.2) is 4.98 Å². The molecule has 0 atom stereocenters. The van der Waals surface area contributed by atoms with Gasteiger partial charge in [-0.15, -0.1) is 17.9 Å². The van der Waals surface area contributed by atoms with Gasteiger partial charge in [0.15, 0.2) is 5.78 Å². The molecule has 1 aromatic rings. The van der Waals surface area contributed by atoms with Crippen LogP contribution in [0.3, 0.4) is 0 Å². The van der Waals surface area contributed by atoms with Crippen molar-refractivity contribution in [2.45, 2.75) is 32.1 Å². The molecule has 1 rings (SSSR count). The number of hydrogen-bond acceptors (Lipinski definition) is 3. The van der Waals surface area contributed by atoms with Crippen molar-refractivity contribution in [2.75, 3.05) is 0 Å². The molecule has 0 aromatic carbocycles. The average Bonchev–Trinajstić information content (AvgIpc) is 2.70. The summed E-state index contributed by atoms with van der Waals surface area (Å²) in [5.41, 5.74) is 2.32. The Bertz CT molecular complexity index is 279. The van der Waals surface area contributed by atoms with Crippen LogP contribution in [0.4, 0.5) is 0 Å². The second-order valence-electron chi connectivity index (χ2n) is 3.18. The monoisotopic (exact) mass is 209 g/mol. The van der Waals surface area contributed by atoms with Gasteiger partial charge in [0, 0.05) is 11.8 Å². The first-order valence-corrected chi connectivity index (χ1v) is 5.81. The summed E-state index contributed by atoms with van der Waals surface area (Å²) >= 11 is 1.47. The number of carbonyl (C=O) groups is 1. The zero-order valence-electron chi connectivity index (χ0n) is 8.24.